The number of hydrogen-bond acceptors (Lipinski definition) is 4. The fourth-order valence-electron chi connectivity index (χ4n) is 1.99. The molecule has 20 heavy (non-hydrogen) atoms. The third-order valence-electron chi connectivity index (χ3n) is 3.24. The van der Waals surface area contributed by atoms with Crippen molar-refractivity contribution in [2.24, 2.45) is 0 Å². The summed E-state index contributed by atoms with van der Waals surface area (Å²) in [5.41, 5.74) is 0.557. The highest BCUT2D eigenvalue weighted by Gasteiger charge is 2.24. The van der Waals surface area contributed by atoms with Crippen LogP contribution in [-0.2, 0) is 19.7 Å². The summed E-state index contributed by atoms with van der Waals surface area (Å²) in [7, 11) is -6.98. The van der Waals surface area contributed by atoms with E-state index in [-0.39, 0.29) is 21.1 Å². The number of benzene rings is 1. The van der Waals surface area contributed by atoms with Crippen molar-refractivity contribution in [3.05, 3.63) is 23.8 Å². The normalized spacial score (nSPS) is 15.8. The zero-order chi connectivity index (χ0) is 15.7. The van der Waals surface area contributed by atoms with E-state index in [1.54, 1.807) is 6.07 Å². The molecule has 4 nitrogen and oxygen atoms in total. The average Bonchev–Trinajstić information content (AvgIpc) is 2.34. The van der Waals surface area contributed by atoms with Crippen LogP contribution in [0.3, 0.4) is 0 Å². The van der Waals surface area contributed by atoms with E-state index in [9.17, 15) is 16.8 Å². The Morgan fingerprint density at radius 3 is 2.05 bits per heavy atom. The summed E-state index contributed by atoms with van der Waals surface area (Å²) in [6, 6.07) is 4.19. The second-order valence-electron chi connectivity index (χ2n) is 4.96. The van der Waals surface area contributed by atoms with Crippen LogP contribution in [0.15, 0.2) is 28.0 Å². The molecule has 1 rings (SSSR count). The van der Waals surface area contributed by atoms with E-state index >= 15 is 0 Å². The molecule has 0 aliphatic rings. The molecule has 0 saturated carbocycles. The van der Waals surface area contributed by atoms with Gasteiger partial charge in [-0.3, -0.25) is 0 Å². The lowest BCUT2D eigenvalue weighted by Crippen LogP contribution is -2.14. The van der Waals surface area contributed by atoms with E-state index in [2.05, 4.69) is 0 Å². The predicted molar refractivity (Wildman–Crippen MR) is 81.0 cm³/mol. The molecule has 0 spiro atoms. The van der Waals surface area contributed by atoms with E-state index < -0.39 is 19.7 Å². The zero-order valence-electron chi connectivity index (χ0n) is 11.9. The fourth-order valence-corrected chi connectivity index (χ4v) is 3.87. The van der Waals surface area contributed by atoms with Crippen molar-refractivity contribution in [3.8, 4) is 0 Å². The van der Waals surface area contributed by atoms with Gasteiger partial charge in [-0.1, -0.05) is 19.9 Å². The predicted octanol–water partition coefficient (Wildman–Crippen LogP) is 2.61. The monoisotopic (exact) mass is 338 g/mol. The smallest absolute Gasteiger partial charge is 0.175 e. The topological polar surface area (TPSA) is 68.3 Å². The molecule has 0 aliphatic heterocycles. The minimum Gasteiger partial charge on any atom is -0.224 e. The molecule has 1 aromatic rings. The largest absolute Gasteiger partial charge is 0.224 e. The van der Waals surface area contributed by atoms with Gasteiger partial charge in [-0.05, 0) is 30.0 Å². The van der Waals surface area contributed by atoms with Gasteiger partial charge < -0.3 is 0 Å². The Morgan fingerprint density at radius 2 is 1.65 bits per heavy atom. The molecule has 2 atom stereocenters. The first-order valence-electron chi connectivity index (χ1n) is 6.16. The lowest BCUT2D eigenvalue weighted by atomic mass is 9.96. The van der Waals surface area contributed by atoms with Crippen LogP contribution < -0.4 is 0 Å². The van der Waals surface area contributed by atoms with Crippen LogP contribution in [0.5, 0.6) is 0 Å². The summed E-state index contributed by atoms with van der Waals surface area (Å²) >= 11 is 6.19. The van der Waals surface area contributed by atoms with Crippen LogP contribution in [0, 0.1) is 0 Å². The van der Waals surface area contributed by atoms with E-state index in [1.807, 2.05) is 13.8 Å². The maximum absolute atomic E-state index is 11.9. The highest BCUT2D eigenvalue weighted by molar-refractivity contribution is 7.91. The minimum absolute atomic E-state index is 0.00324. The molecule has 0 fully saturated rings. The third-order valence-corrected chi connectivity index (χ3v) is 6.19. The van der Waals surface area contributed by atoms with Crippen molar-refractivity contribution in [3.63, 3.8) is 0 Å². The summed E-state index contributed by atoms with van der Waals surface area (Å²) < 4.78 is 46.9. The maximum atomic E-state index is 11.9. The van der Waals surface area contributed by atoms with Crippen LogP contribution in [0.2, 0.25) is 0 Å². The molecule has 7 heteroatoms. The number of sulfone groups is 2. The highest BCUT2D eigenvalue weighted by Crippen LogP contribution is 2.32. The molecule has 0 saturated heterocycles. The van der Waals surface area contributed by atoms with E-state index in [1.165, 1.54) is 12.1 Å². The average molecular weight is 339 g/mol. The molecule has 0 heterocycles. The maximum Gasteiger partial charge on any atom is 0.175 e. The zero-order valence-corrected chi connectivity index (χ0v) is 14.3. The van der Waals surface area contributed by atoms with Gasteiger partial charge in [-0.25, -0.2) is 16.8 Å². The van der Waals surface area contributed by atoms with Crippen LogP contribution in [0.4, 0.5) is 0 Å². The van der Waals surface area contributed by atoms with E-state index in [0.29, 0.717) is 12.0 Å². The third kappa shape index (κ3) is 3.96. The Labute approximate surface area is 126 Å². The Bertz CT molecular complexity index is 693. The molecular weight excluding hydrogens is 320 g/mol. The van der Waals surface area contributed by atoms with E-state index in [4.69, 9.17) is 11.6 Å². The standard InChI is InChI=1S/C13H19ClO4S2/c1-5-12(14)9(2)11-7-6-10(19(3,15)16)8-13(11)20(4,17)18/h6-9,12H,5H2,1-4H3. The molecule has 0 bridgehead atoms. The Balaban J connectivity index is 3.56. The molecule has 0 aliphatic carbocycles. The minimum atomic E-state index is -3.53. The van der Waals surface area contributed by atoms with Gasteiger partial charge in [0.1, 0.15) is 0 Å². The first-order valence-corrected chi connectivity index (χ1v) is 10.4. The molecule has 2 unspecified atom stereocenters. The summed E-state index contributed by atoms with van der Waals surface area (Å²) in [5, 5.41) is -0.209. The Morgan fingerprint density at radius 1 is 1.10 bits per heavy atom. The van der Waals surface area contributed by atoms with Gasteiger partial charge in [-0.15, -0.1) is 11.6 Å². The number of hydrogen-bond donors (Lipinski definition) is 0. The van der Waals surface area contributed by atoms with Gasteiger partial charge in [0.15, 0.2) is 19.7 Å². The SMILES string of the molecule is CCC(Cl)C(C)c1ccc(S(C)(=O)=O)cc1S(C)(=O)=O. The summed E-state index contributed by atoms with van der Waals surface area (Å²) in [5.74, 6) is -0.181. The number of halogens is 1. The lowest BCUT2D eigenvalue weighted by Gasteiger charge is -2.20. The Kier molecular flexibility index (Phi) is 5.27. The molecule has 0 N–H and O–H groups in total. The van der Waals surface area contributed by atoms with Crippen LogP contribution in [0.25, 0.3) is 0 Å². The quantitative estimate of drug-likeness (QED) is 0.774. The van der Waals surface area contributed by atoms with Gasteiger partial charge in [0.25, 0.3) is 0 Å². The second kappa shape index (κ2) is 6.03. The molecule has 0 aromatic heterocycles. The first-order chi connectivity index (χ1) is 8.98. The van der Waals surface area contributed by atoms with E-state index in [0.717, 1.165) is 12.5 Å². The number of alkyl halides is 1. The van der Waals surface area contributed by atoms with Gasteiger partial charge in [-0.2, -0.15) is 0 Å². The van der Waals surface area contributed by atoms with Crippen molar-refractivity contribution < 1.29 is 16.8 Å². The second-order valence-corrected chi connectivity index (χ2v) is 9.52. The van der Waals surface area contributed by atoms with Crippen molar-refractivity contribution >= 4 is 31.3 Å². The molecule has 0 radical (unpaired) electrons. The number of rotatable bonds is 5. The molecular formula is C13H19ClO4S2. The van der Waals surface area contributed by atoms with Crippen molar-refractivity contribution in [2.45, 2.75) is 41.4 Å². The van der Waals surface area contributed by atoms with Gasteiger partial charge in [0.05, 0.1) is 9.79 Å². The molecule has 114 valence electrons. The van der Waals surface area contributed by atoms with Crippen LogP contribution in [0.1, 0.15) is 31.7 Å². The Hall–Kier alpha value is -0.590. The van der Waals surface area contributed by atoms with Gasteiger partial charge >= 0.3 is 0 Å². The fraction of sp³-hybridized carbons (Fsp3) is 0.538. The van der Waals surface area contributed by atoms with Crippen molar-refractivity contribution in [1.82, 2.24) is 0 Å². The van der Waals surface area contributed by atoms with Crippen LogP contribution >= 0.6 is 11.6 Å². The van der Waals surface area contributed by atoms with Gasteiger partial charge in [0, 0.05) is 17.9 Å². The molecule has 0 amide bonds. The summed E-state index contributed by atoms with van der Waals surface area (Å²) in [6.07, 6.45) is 2.81. The lowest BCUT2D eigenvalue weighted by molar-refractivity contribution is 0.594. The van der Waals surface area contributed by atoms with Crippen LogP contribution in [-0.4, -0.2) is 34.7 Å². The first kappa shape index (κ1) is 17.5. The summed E-state index contributed by atoms with van der Waals surface area (Å²) in [4.78, 5) is 0.0310. The van der Waals surface area contributed by atoms with Crippen molar-refractivity contribution in [1.29, 1.82) is 0 Å². The summed E-state index contributed by atoms with van der Waals surface area (Å²) in [6.45, 7) is 3.75. The van der Waals surface area contributed by atoms with Gasteiger partial charge in [0.2, 0.25) is 0 Å². The highest BCUT2D eigenvalue weighted by atomic mass is 35.5. The van der Waals surface area contributed by atoms with Crippen molar-refractivity contribution in [2.75, 3.05) is 12.5 Å². The molecule has 1 aromatic carbocycles.